The topological polar surface area (TPSA) is 42.1 Å². The van der Waals surface area contributed by atoms with Crippen LogP contribution in [0.4, 0.5) is 0 Å². The van der Waals surface area contributed by atoms with Gasteiger partial charge in [-0.15, -0.1) is 0 Å². The van der Waals surface area contributed by atoms with Crippen molar-refractivity contribution < 1.29 is 4.79 Å². The minimum absolute atomic E-state index is 0.299. The maximum Gasteiger partial charge on any atom is 0.236 e. The van der Waals surface area contributed by atoms with Crippen molar-refractivity contribution in [2.45, 2.75) is 0 Å². The van der Waals surface area contributed by atoms with Gasteiger partial charge in [-0.05, 0) is 14.1 Å². The van der Waals surface area contributed by atoms with E-state index in [1.165, 1.54) is 0 Å². The van der Waals surface area contributed by atoms with Gasteiger partial charge in [-0.25, -0.2) is 0 Å². The Bertz CT molecular complexity index is 296. The normalized spacial score (nSPS) is 22.4. The van der Waals surface area contributed by atoms with Crippen LogP contribution in [0.15, 0.2) is 0 Å². The number of hydrogen-bond donors (Lipinski definition) is 1. The average Bonchev–Trinajstić information content (AvgIpc) is 2.47. The second-order valence-electron chi connectivity index (χ2n) is 6.05. The van der Waals surface area contributed by atoms with Crippen molar-refractivity contribution in [1.82, 2.24) is 24.9 Å². The van der Waals surface area contributed by atoms with Crippen molar-refractivity contribution in [3.05, 3.63) is 0 Å². The smallest absolute Gasteiger partial charge is 0.236 e. The zero-order valence-corrected chi connectivity index (χ0v) is 13.0. The van der Waals surface area contributed by atoms with E-state index in [4.69, 9.17) is 0 Å². The van der Waals surface area contributed by atoms with Gasteiger partial charge in [0.2, 0.25) is 5.91 Å². The quantitative estimate of drug-likeness (QED) is 0.672. The first kappa shape index (κ1) is 15.7. The molecule has 2 saturated heterocycles. The monoisotopic (exact) mass is 283 g/mol. The van der Waals surface area contributed by atoms with Gasteiger partial charge < -0.3 is 15.1 Å². The summed E-state index contributed by atoms with van der Waals surface area (Å²) < 4.78 is 0. The summed E-state index contributed by atoms with van der Waals surface area (Å²) in [5, 5.41) is 3.28. The van der Waals surface area contributed by atoms with Crippen molar-refractivity contribution >= 4 is 5.91 Å². The van der Waals surface area contributed by atoms with E-state index in [2.05, 4.69) is 34.1 Å². The van der Waals surface area contributed by atoms with Crippen LogP contribution in [0.5, 0.6) is 0 Å². The molecular formula is C14H29N5O. The number of piperazine rings is 2. The zero-order valence-electron chi connectivity index (χ0n) is 13.0. The van der Waals surface area contributed by atoms with E-state index in [1.807, 2.05) is 4.90 Å². The lowest BCUT2D eigenvalue weighted by Crippen LogP contribution is -2.53. The lowest BCUT2D eigenvalue weighted by atomic mass is 10.3. The third-order valence-corrected chi connectivity index (χ3v) is 4.16. The number of rotatable bonds is 5. The Morgan fingerprint density at radius 2 is 1.60 bits per heavy atom. The maximum atomic E-state index is 12.2. The molecular weight excluding hydrogens is 254 g/mol. The molecule has 2 aliphatic heterocycles. The Labute approximate surface area is 122 Å². The Kier molecular flexibility index (Phi) is 6.22. The molecule has 0 aromatic carbocycles. The number of hydrogen-bond acceptors (Lipinski definition) is 5. The molecule has 0 radical (unpaired) electrons. The lowest BCUT2D eigenvalue weighted by Gasteiger charge is -2.36. The third-order valence-electron chi connectivity index (χ3n) is 4.16. The summed E-state index contributed by atoms with van der Waals surface area (Å²) in [5.74, 6) is 0.299. The predicted octanol–water partition coefficient (Wildman–Crippen LogP) is -1.40. The highest BCUT2D eigenvalue weighted by atomic mass is 16.2. The fourth-order valence-electron chi connectivity index (χ4n) is 2.72. The van der Waals surface area contributed by atoms with Crippen LogP contribution < -0.4 is 5.32 Å². The molecule has 116 valence electrons. The van der Waals surface area contributed by atoms with Crippen LogP contribution in [0.25, 0.3) is 0 Å². The molecule has 0 aromatic rings. The highest BCUT2D eigenvalue weighted by molar-refractivity contribution is 5.78. The first-order valence-corrected chi connectivity index (χ1v) is 7.73. The standard InChI is InChI=1S/C14H29N5O/c1-16(2)7-8-17-9-11-18(12-10-17)13-14(20)19-5-3-15-4-6-19/h15H,3-13H2,1-2H3. The van der Waals surface area contributed by atoms with E-state index < -0.39 is 0 Å². The average molecular weight is 283 g/mol. The van der Waals surface area contributed by atoms with Gasteiger partial charge in [0, 0.05) is 65.4 Å². The maximum absolute atomic E-state index is 12.2. The molecule has 20 heavy (non-hydrogen) atoms. The summed E-state index contributed by atoms with van der Waals surface area (Å²) in [4.78, 5) is 21.2. The van der Waals surface area contributed by atoms with Gasteiger partial charge >= 0.3 is 0 Å². The number of likely N-dealkylation sites (N-methyl/N-ethyl adjacent to an activating group) is 1. The first-order chi connectivity index (χ1) is 9.65. The van der Waals surface area contributed by atoms with Crippen LogP contribution in [0.1, 0.15) is 0 Å². The number of carbonyl (C=O) groups excluding carboxylic acids is 1. The number of carbonyl (C=O) groups is 1. The van der Waals surface area contributed by atoms with Crippen molar-refractivity contribution in [2.24, 2.45) is 0 Å². The Morgan fingerprint density at radius 1 is 1.00 bits per heavy atom. The number of amides is 1. The van der Waals surface area contributed by atoms with Gasteiger partial charge in [0.25, 0.3) is 0 Å². The molecule has 0 unspecified atom stereocenters. The van der Waals surface area contributed by atoms with Crippen molar-refractivity contribution in [1.29, 1.82) is 0 Å². The molecule has 2 fully saturated rings. The molecule has 0 bridgehead atoms. The SMILES string of the molecule is CN(C)CCN1CCN(CC(=O)N2CCNCC2)CC1. The minimum Gasteiger partial charge on any atom is -0.339 e. The highest BCUT2D eigenvalue weighted by Gasteiger charge is 2.22. The van der Waals surface area contributed by atoms with Gasteiger partial charge in [0.05, 0.1) is 6.54 Å². The Morgan fingerprint density at radius 3 is 2.20 bits per heavy atom. The molecule has 1 N–H and O–H groups in total. The van der Waals surface area contributed by atoms with Crippen LogP contribution in [0.3, 0.4) is 0 Å². The lowest BCUT2D eigenvalue weighted by molar-refractivity contribution is -0.133. The van der Waals surface area contributed by atoms with Gasteiger partial charge in [0.15, 0.2) is 0 Å². The molecule has 2 aliphatic rings. The summed E-state index contributed by atoms with van der Waals surface area (Å²) >= 11 is 0. The Hall–Kier alpha value is -0.690. The zero-order chi connectivity index (χ0) is 14.4. The van der Waals surface area contributed by atoms with Crippen molar-refractivity contribution in [3.63, 3.8) is 0 Å². The third kappa shape index (κ3) is 5.01. The Balaban J connectivity index is 1.64. The van der Waals surface area contributed by atoms with E-state index in [-0.39, 0.29) is 0 Å². The van der Waals surface area contributed by atoms with Crippen LogP contribution in [-0.2, 0) is 4.79 Å². The summed E-state index contributed by atoms with van der Waals surface area (Å²) in [6.45, 7) is 10.6. The molecule has 2 rings (SSSR count). The van der Waals surface area contributed by atoms with Gasteiger partial charge in [-0.3, -0.25) is 14.6 Å². The number of nitrogens with one attached hydrogen (secondary N) is 1. The molecule has 2 heterocycles. The summed E-state index contributed by atoms with van der Waals surface area (Å²) in [6, 6.07) is 0. The largest absolute Gasteiger partial charge is 0.339 e. The molecule has 6 heteroatoms. The molecule has 0 saturated carbocycles. The molecule has 6 nitrogen and oxygen atoms in total. The fourth-order valence-corrected chi connectivity index (χ4v) is 2.72. The van der Waals surface area contributed by atoms with E-state index in [0.29, 0.717) is 12.5 Å². The van der Waals surface area contributed by atoms with Crippen molar-refractivity contribution in [3.8, 4) is 0 Å². The summed E-state index contributed by atoms with van der Waals surface area (Å²) in [5.41, 5.74) is 0. The van der Waals surface area contributed by atoms with Crippen molar-refractivity contribution in [2.75, 3.05) is 86.1 Å². The van der Waals surface area contributed by atoms with Crippen LogP contribution >= 0.6 is 0 Å². The van der Waals surface area contributed by atoms with Gasteiger partial charge in [-0.2, -0.15) is 0 Å². The van der Waals surface area contributed by atoms with Crippen LogP contribution in [-0.4, -0.2) is 112 Å². The molecule has 0 spiro atoms. The fraction of sp³-hybridized carbons (Fsp3) is 0.929. The highest BCUT2D eigenvalue weighted by Crippen LogP contribution is 2.03. The second kappa shape index (κ2) is 7.93. The predicted molar refractivity (Wildman–Crippen MR) is 80.9 cm³/mol. The van der Waals surface area contributed by atoms with E-state index in [9.17, 15) is 4.79 Å². The molecule has 0 aromatic heterocycles. The molecule has 0 aliphatic carbocycles. The minimum atomic E-state index is 0.299. The second-order valence-corrected chi connectivity index (χ2v) is 6.05. The van der Waals surface area contributed by atoms with E-state index in [0.717, 1.165) is 65.4 Å². The summed E-state index contributed by atoms with van der Waals surface area (Å²) in [6.07, 6.45) is 0. The van der Waals surface area contributed by atoms with Crippen LogP contribution in [0.2, 0.25) is 0 Å². The molecule has 1 amide bonds. The van der Waals surface area contributed by atoms with E-state index in [1.54, 1.807) is 0 Å². The van der Waals surface area contributed by atoms with Crippen LogP contribution in [0, 0.1) is 0 Å². The first-order valence-electron chi connectivity index (χ1n) is 7.73. The molecule has 0 atom stereocenters. The van der Waals surface area contributed by atoms with E-state index >= 15 is 0 Å². The number of nitrogens with zero attached hydrogens (tertiary/aromatic N) is 4. The summed E-state index contributed by atoms with van der Waals surface area (Å²) in [7, 11) is 4.23. The van der Waals surface area contributed by atoms with Gasteiger partial charge in [0.1, 0.15) is 0 Å². The van der Waals surface area contributed by atoms with Gasteiger partial charge in [-0.1, -0.05) is 0 Å².